The molecule has 1 heterocycles. The van der Waals surface area contributed by atoms with Gasteiger partial charge in [-0.05, 0) is 18.4 Å². The fourth-order valence-corrected chi connectivity index (χ4v) is 3.02. The summed E-state index contributed by atoms with van der Waals surface area (Å²) in [6.07, 6.45) is 0. The minimum Gasteiger partial charge on any atom is -0.461 e. The van der Waals surface area contributed by atoms with Crippen LogP contribution in [0.15, 0.2) is 60.7 Å². The van der Waals surface area contributed by atoms with Crippen LogP contribution < -0.4 is 0 Å². The zero-order valence-corrected chi connectivity index (χ0v) is 15.5. The van der Waals surface area contributed by atoms with Crippen LogP contribution in [0.25, 0.3) is 22.4 Å². The smallest absolute Gasteiger partial charge is 0.357 e. The highest BCUT2D eigenvalue weighted by Crippen LogP contribution is 2.35. The fraction of sp³-hybridized carbons (Fsp3) is 0.273. The number of carbonyl (C=O) groups excluding carboxylic acids is 1. The first-order valence-corrected chi connectivity index (χ1v) is 9.00. The van der Waals surface area contributed by atoms with Gasteiger partial charge in [0.1, 0.15) is 5.69 Å². The predicted molar refractivity (Wildman–Crippen MR) is 104 cm³/mol. The minimum atomic E-state index is -0.332. The summed E-state index contributed by atoms with van der Waals surface area (Å²) in [5, 5.41) is 4.82. The van der Waals surface area contributed by atoms with Crippen LogP contribution in [0.3, 0.4) is 0 Å². The van der Waals surface area contributed by atoms with E-state index >= 15 is 0 Å². The molecule has 0 aliphatic heterocycles. The summed E-state index contributed by atoms with van der Waals surface area (Å²) in [7, 11) is 0. The van der Waals surface area contributed by atoms with E-state index in [2.05, 4.69) is 13.8 Å². The zero-order valence-electron chi connectivity index (χ0n) is 15.5. The molecule has 0 spiro atoms. The highest BCUT2D eigenvalue weighted by Gasteiger charge is 2.26. The number of ether oxygens (including phenoxy) is 1. The monoisotopic (exact) mass is 348 g/mol. The molecule has 0 bridgehead atoms. The van der Waals surface area contributed by atoms with E-state index in [1.165, 1.54) is 0 Å². The Morgan fingerprint density at radius 3 is 2.12 bits per heavy atom. The largest absolute Gasteiger partial charge is 0.461 e. The highest BCUT2D eigenvalue weighted by molar-refractivity contribution is 6.00. The van der Waals surface area contributed by atoms with E-state index in [9.17, 15) is 4.79 Å². The van der Waals surface area contributed by atoms with Gasteiger partial charge in [0.15, 0.2) is 5.69 Å². The maximum absolute atomic E-state index is 12.8. The lowest BCUT2D eigenvalue weighted by molar-refractivity contribution is 0.0512. The summed E-state index contributed by atoms with van der Waals surface area (Å²) < 4.78 is 7.16. The lowest BCUT2D eigenvalue weighted by Crippen LogP contribution is -2.16. The van der Waals surface area contributed by atoms with Gasteiger partial charge in [0.25, 0.3) is 0 Å². The molecule has 0 amide bonds. The normalized spacial score (nSPS) is 10.9. The van der Waals surface area contributed by atoms with E-state index in [4.69, 9.17) is 9.84 Å². The Kier molecular flexibility index (Phi) is 5.52. The number of benzene rings is 2. The SMILES string of the molecule is CCOC(=O)c1c(-c2ccccc2)c(-c2ccccc2)nn1CC(C)C. The maximum Gasteiger partial charge on any atom is 0.357 e. The standard InChI is InChI=1S/C22H24N2O2/c1-4-26-22(25)21-19(17-11-7-5-8-12-17)20(18-13-9-6-10-14-18)23-24(21)15-16(2)3/h5-14,16H,4,15H2,1-3H3. The molecule has 0 saturated carbocycles. The molecule has 1 aromatic heterocycles. The summed E-state index contributed by atoms with van der Waals surface area (Å²) in [4.78, 5) is 12.8. The molecule has 0 saturated heterocycles. The van der Waals surface area contributed by atoms with Gasteiger partial charge in [-0.15, -0.1) is 0 Å². The Balaban J connectivity index is 2.28. The first-order chi connectivity index (χ1) is 12.6. The van der Waals surface area contributed by atoms with Crippen LogP contribution in [-0.2, 0) is 11.3 Å². The fourth-order valence-electron chi connectivity index (χ4n) is 3.02. The number of aromatic nitrogens is 2. The predicted octanol–water partition coefficient (Wildman–Crippen LogP) is 5.05. The van der Waals surface area contributed by atoms with Crippen LogP contribution in [0.1, 0.15) is 31.3 Å². The quantitative estimate of drug-likeness (QED) is 0.586. The van der Waals surface area contributed by atoms with Gasteiger partial charge < -0.3 is 4.74 Å². The van der Waals surface area contributed by atoms with E-state index < -0.39 is 0 Å². The Bertz CT molecular complexity index is 868. The van der Waals surface area contributed by atoms with Crippen molar-refractivity contribution in [3.05, 3.63) is 66.4 Å². The summed E-state index contributed by atoms with van der Waals surface area (Å²) in [6.45, 7) is 7.03. The van der Waals surface area contributed by atoms with Crippen molar-refractivity contribution < 1.29 is 9.53 Å². The molecule has 2 aromatic carbocycles. The first kappa shape index (κ1) is 17.9. The molecular formula is C22H24N2O2. The number of nitrogens with zero attached hydrogens (tertiary/aromatic N) is 2. The molecule has 26 heavy (non-hydrogen) atoms. The second-order valence-electron chi connectivity index (χ2n) is 6.60. The molecule has 4 nitrogen and oxygen atoms in total. The number of hydrogen-bond donors (Lipinski definition) is 0. The summed E-state index contributed by atoms with van der Waals surface area (Å²) in [6, 6.07) is 19.9. The second-order valence-corrected chi connectivity index (χ2v) is 6.60. The van der Waals surface area contributed by atoms with Gasteiger partial charge in [-0.25, -0.2) is 4.79 Å². The Morgan fingerprint density at radius 2 is 1.58 bits per heavy atom. The third kappa shape index (κ3) is 3.69. The topological polar surface area (TPSA) is 44.1 Å². The van der Waals surface area contributed by atoms with Gasteiger partial charge in [0.05, 0.1) is 6.61 Å². The lowest BCUT2D eigenvalue weighted by atomic mass is 9.99. The molecule has 134 valence electrons. The lowest BCUT2D eigenvalue weighted by Gasteiger charge is -2.11. The number of esters is 1. The van der Waals surface area contributed by atoms with Gasteiger partial charge in [-0.2, -0.15) is 5.10 Å². The number of rotatable bonds is 6. The molecule has 0 atom stereocenters. The molecule has 0 fully saturated rings. The second kappa shape index (κ2) is 8.00. The maximum atomic E-state index is 12.8. The molecule has 3 aromatic rings. The van der Waals surface area contributed by atoms with E-state index in [0.717, 1.165) is 22.4 Å². The van der Waals surface area contributed by atoms with Crippen molar-refractivity contribution in [2.45, 2.75) is 27.3 Å². The molecule has 0 unspecified atom stereocenters. The van der Waals surface area contributed by atoms with Crippen LogP contribution in [-0.4, -0.2) is 22.4 Å². The van der Waals surface area contributed by atoms with Crippen molar-refractivity contribution in [1.82, 2.24) is 9.78 Å². The van der Waals surface area contributed by atoms with E-state index in [1.807, 2.05) is 67.6 Å². The average molecular weight is 348 g/mol. The van der Waals surface area contributed by atoms with Crippen molar-refractivity contribution >= 4 is 5.97 Å². The molecule has 4 heteroatoms. The molecule has 0 N–H and O–H groups in total. The van der Waals surface area contributed by atoms with Crippen LogP contribution in [0.4, 0.5) is 0 Å². The third-order valence-electron chi connectivity index (χ3n) is 4.07. The first-order valence-electron chi connectivity index (χ1n) is 9.00. The van der Waals surface area contributed by atoms with Crippen molar-refractivity contribution in [2.24, 2.45) is 5.92 Å². The van der Waals surface area contributed by atoms with E-state index in [0.29, 0.717) is 24.8 Å². The zero-order chi connectivity index (χ0) is 18.5. The molecular weight excluding hydrogens is 324 g/mol. The van der Waals surface area contributed by atoms with E-state index in [-0.39, 0.29) is 5.97 Å². The summed E-state index contributed by atoms with van der Waals surface area (Å²) in [5.74, 6) is 0.0250. The van der Waals surface area contributed by atoms with Crippen LogP contribution in [0.2, 0.25) is 0 Å². The van der Waals surface area contributed by atoms with Gasteiger partial charge in [-0.3, -0.25) is 4.68 Å². The Hall–Kier alpha value is -2.88. The molecule has 0 aliphatic carbocycles. The minimum absolute atomic E-state index is 0.332. The van der Waals surface area contributed by atoms with Crippen molar-refractivity contribution in [2.75, 3.05) is 6.61 Å². The van der Waals surface area contributed by atoms with Crippen LogP contribution >= 0.6 is 0 Å². The number of hydrogen-bond acceptors (Lipinski definition) is 3. The van der Waals surface area contributed by atoms with Crippen molar-refractivity contribution in [3.63, 3.8) is 0 Å². The van der Waals surface area contributed by atoms with Gasteiger partial charge in [0, 0.05) is 17.7 Å². The van der Waals surface area contributed by atoms with E-state index in [1.54, 1.807) is 4.68 Å². The van der Waals surface area contributed by atoms with Gasteiger partial charge >= 0.3 is 5.97 Å². The highest BCUT2D eigenvalue weighted by atomic mass is 16.5. The summed E-state index contributed by atoms with van der Waals surface area (Å²) >= 11 is 0. The third-order valence-corrected chi connectivity index (χ3v) is 4.07. The number of carbonyl (C=O) groups is 1. The van der Waals surface area contributed by atoms with Crippen LogP contribution in [0, 0.1) is 5.92 Å². The van der Waals surface area contributed by atoms with Crippen LogP contribution in [0.5, 0.6) is 0 Å². The Labute approximate surface area is 154 Å². The van der Waals surface area contributed by atoms with Gasteiger partial charge in [-0.1, -0.05) is 74.5 Å². The molecule has 0 aliphatic rings. The van der Waals surface area contributed by atoms with Crippen molar-refractivity contribution in [3.8, 4) is 22.4 Å². The van der Waals surface area contributed by atoms with Gasteiger partial charge in [0.2, 0.25) is 0 Å². The average Bonchev–Trinajstić information content (AvgIpc) is 3.02. The summed E-state index contributed by atoms with van der Waals surface area (Å²) in [5.41, 5.74) is 4.10. The van der Waals surface area contributed by atoms with Crippen molar-refractivity contribution in [1.29, 1.82) is 0 Å². The molecule has 3 rings (SSSR count). The Morgan fingerprint density at radius 1 is 1.00 bits per heavy atom. The molecule has 0 radical (unpaired) electrons.